The lowest BCUT2D eigenvalue weighted by Gasteiger charge is -2.28. The van der Waals surface area contributed by atoms with Crippen LogP contribution < -0.4 is 21.7 Å². The Morgan fingerprint density at radius 3 is 2.29 bits per heavy atom. The van der Waals surface area contributed by atoms with Crippen molar-refractivity contribution in [3.05, 3.63) is 83.9 Å². The van der Waals surface area contributed by atoms with Crippen molar-refractivity contribution in [3.63, 3.8) is 0 Å². The summed E-state index contributed by atoms with van der Waals surface area (Å²) in [6.45, 7) is 3.12. The summed E-state index contributed by atoms with van der Waals surface area (Å²) in [6.07, 6.45) is -0.665. The third-order valence-corrected chi connectivity index (χ3v) is 5.69. The molecule has 0 saturated carbocycles. The maximum atomic E-state index is 13.2. The van der Waals surface area contributed by atoms with E-state index in [0.717, 1.165) is 16.3 Å². The summed E-state index contributed by atoms with van der Waals surface area (Å²) >= 11 is 0. The molecule has 0 saturated heterocycles. The van der Waals surface area contributed by atoms with Crippen LogP contribution in [0.1, 0.15) is 29.8 Å². The van der Waals surface area contributed by atoms with Gasteiger partial charge in [0.25, 0.3) is 5.91 Å². The molecule has 184 valence electrons. The monoisotopic (exact) mass is 476 g/mol. The first-order valence-corrected chi connectivity index (χ1v) is 11.5. The van der Waals surface area contributed by atoms with Crippen molar-refractivity contribution in [2.24, 2.45) is 5.73 Å². The van der Waals surface area contributed by atoms with Crippen LogP contribution in [0.15, 0.2) is 72.8 Å². The van der Waals surface area contributed by atoms with E-state index in [0.29, 0.717) is 5.56 Å². The summed E-state index contributed by atoms with van der Waals surface area (Å²) in [5.41, 5.74) is 5.43. The van der Waals surface area contributed by atoms with Gasteiger partial charge in [0, 0.05) is 25.1 Å². The normalized spacial score (nSPS) is 13.0. The minimum absolute atomic E-state index is 0.000525. The molecule has 2 atom stereocenters. The molecule has 0 aromatic heterocycles. The fourth-order valence-electron chi connectivity index (χ4n) is 3.58. The van der Waals surface area contributed by atoms with Crippen molar-refractivity contribution in [3.8, 4) is 0 Å². The molecule has 2 unspecified atom stereocenters. The van der Waals surface area contributed by atoms with Crippen molar-refractivity contribution in [1.82, 2.24) is 16.0 Å². The second kappa shape index (κ2) is 11.6. The zero-order valence-electron chi connectivity index (χ0n) is 20.0. The van der Waals surface area contributed by atoms with E-state index in [4.69, 9.17) is 5.73 Å². The topological polar surface area (TPSA) is 134 Å². The van der Waals surface area contributed by atoms with Gasteiger partial charge < -0.3 is 26.8 Å². The first-order valence-electron chi connectivity index (χ1n) is 11.5. The van der Waals surface area contributed by atoms with Gasteiger partial charge >= 0.3 is 0 Å². The van der Waals surface area contributed by atoms with Crippen LogP contribution >= 0.6 is 0 Å². The molecule has 0 aliphatic carbocycles. The highest BCUT2D eigenvalue weighted by Gasteiger charge is 2.33. The minimum atomic E-state index is -1.29. The number of amides is 3. The molecule has 3 rings (SSSR count). The van der Waals surface area contributed by atoms with Gasteiger partial charge in [-0.25, -0.2) is 0 Å². The summed E-state index contributed by atoms with van der Waals surface area (Å²) in [4.78, 5) is 38.7. The van der Waals surface area contributed by atoms with E-state index in [9.17, 15) is 19.5 Å². The number of nitrogens with one attached hydrogen (secondary N) is 3. The first-order chi connectivity index (χ1) is 16.7. The summed E-state index contributed by atoms with van der Waals surface area (Å²) < 4.78 is 0. The lowest BCUT2D eigenvalue weighted by Crippen LogP contribution is -2.59. The van der Waals surface area contributed by atoms with Gasteiger partial charge in [-0.1, -0.05) is 60.7 Å². The molecule has 3 aromatic rings. The summed E-state index contributed by atoms with van der Waals surface area (Å²) in [7, 11) is 0. The van der Waals surface area contributed by atoms with Gasteiger partial charge in [0.05, 0.1) is 6.10 Å². The largest absolute Gasteiger partial charge is 0.390 e. The highest BCUT2D eigenvalue weighted by molar-refractivity contribution is 6.00. The van der Waals surface area contributed by atoms with E-state index < -0.39 is 35.4 Å². The summed E-state index contributed by atoms with van der Waals surface area (Å²) in [5.74, 6) is -1.36. The molecule has 0 spiro atoms. The average Bonchev–Trinajstić information content (AvgIpc) is 2.86. The van der Waals surface area contributed by atoms with Crippen LogP contribution in [0.5, 0.6) is 0 Å². The molecule has 0 aliphatic heterocycles. The third kappa shape index (κ3) is 7.11. The molecule has 0 bridgehead atoms. The maximum absolute atomic E-state index is 13.2. The minimum Gasteiger partial charge on any atom is -0.390 e. The van der Waals surface area contributed by atoms with Gasteiger partial charge in [0.1, 0.15) is 11.6 Å². The second-order valence-electron chi connectivity index (χ2n) is 8.99. The van der Waals surface area contributed by atoms with Crippen molar-refractivity contribution < 1.29 is 19.5 Å². The SMILES string of the molecule is CC(C)(NC(=O)c1ccccc1)C(=O)NC(Cc1ccc2ccccc2c1)C(=O)NCC(O)CN. The van der Waals surface area contributed by atoms with Crippen LogP contribution in [0.2, 0.25) is 0 Å². The average molecular weight is 477 g/mol. The number of aliphatic hydroxyl groups excluding tert-OH is 1. The van der Waals surface area contributed by atoms with Crippen LogP contribution in [-0.2, 0) is 16.0 Å². The van der Waals surface area contributed by atoms with Gasteiger partial charge in [0.2, 0.25) is 11.8 Å². The van der Waals surface area contributed by atoms with E-state index in [1.807, 2.05) is 42.5 Å². The molecule has 8 heteroatoms. The zero-order valence-corrected chi connectivity index (χ0v) is 20.0. The number of aliphatic hydroxyl groups is 1. The van der Waals surface area contributed by atoms with E-state index in [2.05, 4.69) is 16.0 Å². The van der Waals surface area contributed by atoms with Crippen LogP contribution in [0.4, 0.5) is 0 Å². The molecule has 0 heterocycles. The van der Waals surface area contributed by atoms with Crippen LogP contribution in [-0.4, -0.2) is 53.6 Å². The molecule has 0 fully saturated rings. The number of fused-ring (bicyclic) bond motifs is 1. The van der Waals surface area contributed by atoms with Gasteiger partial charge in [-0.05, 0) is 42.3 Å². The molecule has 8 nitrogen and oxygen atoms in total. The fraction of sp³-hybridized carbons (Fsp3) is 0.296. The van der Waals surface area contributed by atoms with Gasteiger partial charge in [-0.15, -0.1) is 0 Å². The molecule has 6 N–H and O–H groups in total. The molecular weight excluding hydrogens is 444 g/mol. The third-order valence-electron chi connectivity index (χ3n) is 5.69. The Morgan fingerprint density at radius 2 is 1.60 bits per heavy atom. The summed E-state index contributed by atoms with van der Waals surface area (Å²) in [6, 6.07) is 21.4. The number of rotatable bonds is 10. The van der Waals surface area contributed by atoms with Crippen molar-refractivity contribution in [1.29, 1.82) is 0 Å². The predicted molar refractivity (Wildman–Crippen MR) is 136 cm³/mol. The predicted octanol–water partition coefficient (Wildman–Crippen LogP) is 1.51. The quantitative estimate of drug-likeness (QED) is 0.302. The number of benzene rings is 3. The number of carbonyl (C=O) groups excluding carboxylic acids is 3. The molecule has 3 amide bonds. The Balaban J connectivity index is 1.76. The summed E-state index contributed by atoms with van der Waals surface area (Å²) in [5, 5.41) is 20.0. The van der Waals surface area contributed by atoms with Crippen LogP contribution in [0, 0.1) is 0 Å². The number of hydrogen-bond donors (Lipinski definition) is 5. The van der Waals surface area contributed by atoms with E-state index in [1.165, 1.54) is 0 Å². The fourth-order valence-corrected chi connectivity index (χ4v) is 3.58. The zero-order chi connectivity index (χ0) is 25.4. The van der Waals surface area contributed by atoms with Crippen molar-refractivity contribution in [2.75, 3.05) is 13.1 Å². The Morgan fingerprint density at radius 1 is 0.943 bits per heavy atom. The van der Waals surface area contributed by atoms with Gasteiger partial charge in [-0.2, -0.15) is 0 Å². The number of hydrogen-bond acceptors (Lipinski definition) is 5. The first kappa shape index (κ1) is 25.9. The lowest BCUT2D eigenvalue weighted by molar-refractivity contribution is -0.132. The molecule has 0 aliphatic rings. The Labute approximate surface area is 204 Å². The lowest BCUT2D eigenvalue weighted by atomic mass is 9.98. The Hall–Kier alpha value is -3.75. The highest BCUT2D eigenvalue weighted by atomic mass is 16.3. The van der Waals surface area contributed by atoms with Crippen molar-refractivity contribution in [2.45, 2.75) is 38.0 Å². The van der Waals surface area contributed by atoms with E-state index in [-0.39, 0.29) is 19.5 Å². The van der Waals surface area contributed by atoms with E-state index >= 15 is 0 Å². The second-order valence-corrected chi connectivity index (χ2v) is 8.99. The van der Waals surface area contributed by atoms with Crippen molar-refractivity contribution >= 4 is 28.5 Å². The number of nitrogens with two attached hydrogens (primary N) is 1. The molecule has 0 radical (unpaired) electrons. The Bertz CT molecular complexity index is 1180. The van der Waals surface area contributed by atoms with Gasteiger partial charge in [0.15, 0.2) is 0 Å². The van der Waals surface area contributed by atoms with E-state index in [1.54, 1.807) is 44.2 Å². The van der Waals surface area contributed by atoms with Crippen LogP contribution in [0.3, 0.4) is 0 Å². The van der Waals surface area contributed by atoms with Crippen LogP contribution in [0.25, 0.3) is 10.8 Å². The molecule has 3 aromatic carbocycles. The molecular formula is C27H32N4O4. The Kier molecular flexibility index (Phi) is 8.57. The van der Waals surface area contributed by atoms with Gasteiger partial charge in [-0.3, -0.25) is 14.4 Å². The number of carbonyl (C=O) groups is 3. The maximum Gasteiger partial charge on any atom is 0.252 e. The standard InChI is InChI=1S/C27H32N4O4/c1-27(2,31-24(33)20-9-4-3-5-10-20)26(35)30-23(25(34)29-17-22(32)16-28)15-18-12-13-19-8-6-7-11-21(19)14-18/h3-14,22-23,32H,15-17,28H2,1-2H3,(H,29,34)(H,30,35)(H,31,33). The highest BCUT2D eigenvalue weighted by Crippen LogP contribution is 2.17. The smallest absolute Gasteiger partial charge is 0.252 e. The molecule has 35 heavy (non-hydrogen) atoms.